The van der Waals surface area contributed by atoms with E-state index >= 15 is 0 Å². The molecule has 1 N–H and O–H groups in total. The van der Waals surface area contributed by atoms with Crippen LogP contribution >= 0.6 is 0 Å². The van der Waals surface area contributed by atoms with E-state index in [2.05, 4.69) is 6.92 Å². The smallest absolute Gasteiger partial charge is 0.125 e. The van der Waals surface area contributed by atoms with Crippen LogP contribution in [-0.4, -0.2) is 25.8 Å². The number of aliphatic hydroxyl groups is 1. The van der Waals surface area contributed by atoms with Gasteiger partial charge in [-0.3, -0.25) is 0 Å². The predicted molar refractivity (Wildman–Crippen MR) is 87.1 cm³/mol. The van der Waals surface area contributed by atoms with E-state index in [0.717, 1.165) is 29.0 Å². The van der Waals surface area contributed by atoms with Gasteiger partial charge in [0.05, 0.1) is 6.61 Å². The Labute approximate surface area is 126 Å². The second kappa shape index (κ2) is 7.14. The highest BCUT2D eigenvalue weighted by Gasteiger charge is 2.15. The highest BCUT2D eigenvalue weighted by Crippen LogP contribution is 2.31. The maximum atomic E-state index is 10.7. The van der Waals surface area contributed by atoms with Gasteiger partial charge in [-0.15, -0.1) is 0 Å². The Morgan fingerprint density at radius 2 is 1.86 bits per heavy atom. The lowest BCUT2D eigenvalue weighted by atomic mass is 10.00. The van der Waals surface area contributed by atoms with E-state index < -0.39 is 6.10 Å². The Kier molecular flexibility index (Phi) is 5.23. The minimum Gasteiger partial charge on any atom is -0.493 e. The zero-order valence-corrected chi connectivity index (χ0v) is 12.9. The van der Waals surface area contributed by atoms with Crippen LogP contribution in [0.2, 0.25) is 0 Å². The summed E-state index contributed by atoms with van der Waals surface area (Å²) >= 11 is 0. The van der Waals surface area contributed by atoms with E-state index in [1.807, 2.05) is 67.5 Å². The fraction of sp³-hybridized carbons (Fsp3) is 0.333. The van der Waals surface area contributed by atoms with Gasteiger partial charge in [-0.1, -0.05) is 37.3 Å². The molecule has 2 aromatic rings. The molecule has 21 heavy (non-hydrogen) atoms. The number of nitrogens with zero attached hydrogens (tertiary/aromatic N) is 1. The van der Waals surface area contributed by atoms with Crippen molar-refractivity contribution in [3.63, 3.8) is 0 Å². The molecule has 0 amide bonds. The van der Waals surface area contributed by atoms with Crippen molar-refractivity contribution in [1.29, 1.82) is 0 Å². The van der Waals surface area contributed by atoms with Crippen LogP contribution in [0, 0.1) is 0 Å². The first-order chi connectivity index (χ1) is 10.1. The topological polar surface area (TPSA) is 32.7 Å². The molecule has 0 saturated heterocycles. The van der Waals surface area contributed by atoms with Gasteiger partial charge in [0.1, 0.15) is 11.9 Å². The average Bonchev–Trinajstić information content (AvgIpc) is 2.52. The quantitative estimate of drug-likeness (QED) is 0.880. The second-order valence-corrected chi connectivity index (χ2v) is 5.28. The molecule has 0 aliphatic rings. The molecule has 3 heteroatoms. The minimum atomic E-state index is -0.682. The van der Waals surface area contributed by atoms with E-state index in [0.29, 0.717) is 6.61 Å². The third-order valence-corrected chi connectivity index (χ3v) is 3.38. The number of anilines is 1. The van der Waals surface area contributed by atoms with Gasteiger partial charge in [-0.25, -0.2) is 0 Å². The van der Waals surface area contributed by atoms with Gasteiger partial charge in [0.15, 0.2) is 0 Å². The predicted octanol–water partition coefficient (Wildman–Crippen LogP) is 3.62. The molecule has 0 aliphatic heterocycles. The summed E-state index contributed by atoms with van der Waals surface area (Å²) in [6, 6.07) is 15.6. The molecule has 0 bridgehead atoms. The third kappa shape index (κ3) is 3.76. The fourth-order valence-corrected chi connectivity index (χ4v) is 2.20. The van der Waals surface area contributed by atoms with Gasteiger partial charge in [0, 0.05) is 25.3 Å². The molecule has 0 spiro atoms. The minimum absolute atomic E-state index is 0.654. The molecule has 3 nitrogen and oxygen atoms in total. The van der Waals surface area contributed by atoms with Crippen LogP contribution in [0.25, 0.3) is 0 Å². The molecule has 2 rings (SSSR count). The standard InChI is InChI=1S/C18H23NO2/c1-4-12-21-17-11-6-5-10-16(17)18(20)14-8-7-9-15(13-14)19(2)3/h5-11,13,18,20H,4,12H2,1-3H3. The molecule has 1 unspecified atom stereocenters. The van der Waals surface area contributed by atoms with Crippen LogP contribution in [0.5, 0.6) is 5.75 Å². The Morgan fingerprint density at radius 3 is 2.57 bits per heavy atom. The van der Waals surface area contributed by atoms with Crippen molar-refractivity contribution in [3.8, 4) is 5.75 Å². The van der Waals surface area contributed by atoms with Crippen molar-refractivity contribution in [2.24, 2.45) is 0 Å². The maximum absolute atomic E-state index is 10.7. The van der Waals surface area contributed by atoms with E-state index in [9.17, 15) is 5.11 Å². The molecular formula is C18H23NO2. The number of aliphatic hydroxyl groups excluding tert-OH is 1. The molecule has 0 heterocycles. The Morgan fingerprint density at radius 1 is 1.10 bits per heavy atom. The lowest BCUT2D eigenvalue weighted by Gasteiger charge is -2.19. The summed E-state index contributed by atoms with van der Waals surface area (Å²) in [7, 11) is 3.98. The Balaban J connectivity index is 2.31. The zero-order valence-electron chi connectivity index (χ0n) is 12.9. The van der Waals surface area contributed by atoms with Crippen molar-refractivity contribution in [1.82, 2.24) is 0 Å². The van der Waals surface area contributed by atoms with Crippen LogP contribution < -0.4 is 9.64 Å². The van der Waals surface area contributed by atoms with Gasteiger partial charge in [-0.05, 0) is 30.2 Å². The maximum Gasteiger partial charge on any atom is 0.125 e. The number of para-hydroxylation sites is 1. The number of hydrogen-bond donors (Lipinski definition) is 1. The van der Waals surface area contributed by atoms with Crippen molar-refractivity contribution in [2.45, 2.75) is 19.4 Å². The van der Waals surface area contributed by atoms with Gasteiger partial charge in [-0.2, -0.15) is 0 Å². The molecule has 1 atom stereocenters. The molecule has 112 valence electrons. The van der Waals surface area contributed by atoms with Gasteiger partial charge in [0.25, 0.3) is 0 Å². The molecular weight excluding hydrogens is 262 g/mol. The summed E-state index contributed by atoms with van der Waals surface area (Å²) in [6.07, 6.45) is 0.263. The highest BCUT2D eigenvalue weighted by atomic mass is 16.5. The zero-order chi connectivity index (χ0) is 15.2. The monoisotopic (exact) mass is 285 g/mol. The fourth-order valence-electron chi connectivity index (χ4n) is 2.20. The summed E-state index contributed by atoms with van der Waals surface area (Å²) < 4.78 is 5.74. The molecule has 0 saturated carbocycles. The van der Waals surface area contributed by atoms with Crippen molar-refractivity contribution >= 4 is 5.69 Å². The number of ether oxygens (including phenoxy) is 1. The molecule has 2 aromatic carbocycles. The first-order valence-corrected chi connectivity index (χ1v) is 7.30. The lowest BCUT2D eigenvalue weighted by Crippen LogP contribution is -2.10. The second-order valence-electron chi connectivity index (χ2n) is 5.28. The lowest BCUT2D eigenvalue weighted by molar-refractivity contribution is 0.210. The summed E-state index contributed by atoms with van der Waals surface area (Å²) in [5, 5.41) is 10.7. The average molecular weight is 285 g/mol. The third-order valence-electron chi connectivity index (χ3n) is 3.38. The highest BCUT2D eigenvalue weighted by molar-refractivity contribution is 5.50. The number of benzene rings is 2. The van der Waals surface area contributed by atoms with Crippen molar-refractivity contribution in [2.75, 3.05) is 25.6 Å². The molecule has 0 aliphatic carbocycles. The molecule has 0 fully saturated rings. The Hall–Kier alpha value is -2.00. The summed E-state index contributed by atoms with van der Waals surface area (Å²) in [5.74, 6) is 0.752. The van der Waals surface area contributed by atoms with Crippen LogP contribution in [-0.2, 0) is 0 Å². The van der Waals surface area contributed by atoms with Crippen LogP contribution in [0.4, 0.5) is 5.69 Å². The van der Waals surface area contributed by atoms with Crippen molar-refractivity contribution in [3.05, 3.63) is 59.7 Å². The van der Waals surface area contributed by atoms with E-state index in [-0.39, 0.29) is 0 Å². The summed E-state index contributed by atoms with van der Waals surface area (Å²) in [5.41, 5.74) is 2.74. The van der Waals surface area contributed by atoms with Gasteiger partial charge in [0.2, 0.25) is 0 Å². The van der Waals surface area contributed by atoms with E-state index in [1.54, 1.807) is 0 Å². The van der Waals surface area contributed by atoms with Crippen LogP contribution in [0.15, 0.2) is 48.5 Å². The largest absolute Gasteiger partial charge is 0.493 e. The number of rotatable bonds is 6. The van der Waals surface area contributed by atoms with E-state index in [4.69, 9.17) is 4.74 Å². The van der Waals surface area contributed by atoms with Crippen LogP contribution in [0.1, 0.15) is 30.6 Å². The van der Waals surface area contributed by atoms with Crippen LogP contribution in [0.3, 0.4) is 0 Å². The van der Waals surface area contributed by atoms with Gasteiger partial charge < -0.3 is 14.7 Å². The molecule has 0 aromatic heterocycles. The molecule has 0 radical (unpaired) electrons. The first kappa shape index (κ1) is 15.4. The summed E-state index contributed by atoms with van der Waals surface area (Å²) in [4.78, 5) is 2.02. The number of hydrogen-bond acceptors (Lipinski definition) is 3. The van der Waals surface area contributed by atoms with E-state index in [1.165, 1.54) is 0 Å². The normalized spacial score (nSPS) is 12.0. The van der Waals surface area contributed by atoms with Crippen molar-refractivity contribution < 1.29 is 9.84 Å². The Bertz CT molecular complexity index is 581. The van der Waals surface area contributed by atoms with Gasteiger partial charge >= 0.3 is 0 Å². The SMILES string of the molecule is CCCOc1ccccc1C(O)c1cccc(N(C)C)c1. The summed E-state index contributed by atoms with van der Waals surface area (Å²) in [6.45, 7) is 2.72. The first-order valence-electron chi connectivity index (χ1n) is 7.30.